The van der Waals surface area contributed by atoms with Gasteiger partial charge in [-0.25, -0.2) is 0 Å². The zero-order chi connectivity index (χ0) is 12.0. The molecule has 0 heterocycles. The minimum atomic E-state index is 0.414. The largest absolute Gasteiger partial charge is 0.385 e. The van der Waals surface area contributed by atoms with Crippen molar-refractivity contribution in [1.29, 1.82) is 0 Å². The van der Waals surface area contributed by atoms with Crippen LogP contribution in [0.2, 0.25) is 0 Å². The monoisotopic (exact) mass is 221 g/mol. The topological polar surface area (TPSA) is 21.3 Å². The Morgan fingerprint density at radius 1 is 1.31 bits per heavy atom. The molecular weight excluding hydrogens is 198 g/mol. The number of methoxy groups -OCH3 is 1. The molecule has 0 saturated carbocycles. The lowest BCUT2D eigenvalue weighted by Crippen LogP contribution is -2.21. The molecule has 2 heteroatoms. The molecule has 0 radical (unpaired) electrons. The van der Waals surface area contributed by atoms with Gasteiger partial charge in [-0.3, -0.25) is 0 Å². The fourth-order valence-corrected chi connectivity index (χ4v) is 1.96. The maximum Gasteiger partial charge on any atom is 0.0474 e. The van der Waals surface area contributed by atoms with Gasteiger partial charge in [0, 0.05) is 19.8 Å². The molecule has 0 aliphatic carbocycles. The van der Waals surface area contributed by atoms with Crippen LogP contribution in [0, 0.1) is 13.8 Å². The normalized spacial score (nSPS) is 12.8. The highest BCUT2D eigenvalue weighted by Gasteiger charge is 2.06. The number of aryl methyl sites for hydroxylation is 2. The highest BCUT2D eigenvalue weighted by atomic mass is 16.5. The van der Waals surface area contributed by atoms with Gasteiger partial charge in [-0.05, 0) is 44.9 Å². The van der Waals surface area contributed by atoms with Crippen molar-refractivity contribution in [3.8, 4) is 0 Å². The minimum Gasteiger partial charge on any atom is -0.385 e. The molecule has 0 amide bonds. The third-order valence-electron chi connectivity index (χ3n) is 2.87. The number of nitrogens with one attached hydrogen (secondary N) is 1. The lowest BCUT2D eigenvalue weighted by atomic mass is 10.0. The van der Waals surface area contributed by atoms with Crippen molar-refractivity contribution < 1.29 is 4.74 Å². The molecular formula is C14H23NO. The molecule has 1 unspecified atom stereocenters. The summed E-state index contributed by atoms with van der Waals surface area (Å²) >= 11 is 0. The van der Waals surface area contributed by atoms with E-state index in [9.17, 15) is 0 Å². The molecule has 16 heavy (non-hydrogen) atoms. The van der Waals surface area contributed by atoms with Crippen molar-refractivity contribution >= 4 is 0 Å². The van der Waals surface area contributed by atoms with Crippen molar-refractivity contribution in [2.24, 2.45) is 0 Å². The molecule has 0 aliphatic rings. The van der Waals surface area contributed by atoms with Gasteiger partial charge < -0.3 is 10.1 Å². The summed E-state index contributed by atoms with van der Waals surface area (Å²) in [6.07, 6.45) is 1.06. The van der Waals surface area contributed by atoms with Gasteiger partial charge in [0.25, 0.3) is 0 Å². The van der Waals surface area contributed by atoms with E-state index in [1.54, 1.807) is 7.11 Å². The van der Waals surface area contributed by atoms with Gasteiger partial charge in [-0.1, -0.05) is 23.8 Å². The zero-order valence-electron chi connectivity index (χ0n) is 10.8. The average molecular weight is 221 g/mol. The molecule has 90 valence electrons. The van der Waals surface area contributed by atoms with E-state index in [0.29, 0.717) is 6.04 Å². The van der Waals surface area contributed by atoms with Crippen molar-refractivity contribution in [3.05, 3.63) is 34.9 Å². The van der Waals surface area contributed by atoms with E-state index in [2.05, 4.69) is 44.3 Å². The Labute approximate surface area is 99.0 Å². The van der Waals surface area contributed by atoms with E-state index >= 15 is 0 Å². The fraction of sp³-hybridized carbons (Fsp3) is 0.571. The summed E-state index contributed by atoms with van der Waals surface area (Å²) in [5, 5.41) is 3.51. The SMILES string of the molecule is COCCCNC(C)c1ccc(C)cc1C. The Hall–Kier alpha value is -0.860. The van der Waals surface area contributed by atoms with E-state index in [4.69, 9.17) is 4.74 Å². The van der Waals surface area contributed by atoms with Gasteiger partial charge in [0.1, 0.15) is 0 Å². The van der Waals surface area contributed by atoms with Crippen molar-refractivity contribution in [2.75, 3.05) is 20.3 Å². The standard InChI is InChI=1S/C14H23NO/c1-11-6-7-14(12(2)10-11)13(3)15-8-5-9-16-4/h6-7,10,13,15H,5,8-9H2,1-4H3. The Morgan fingerprint density at radius 2 is 2.06 bits per heavy atom. The Kier molecular flexibility index (Phi) is 5.50. The third kappa shape index (κ3) is 3.95. The maximum atomic E-state index is 5.03. The van der Waals surface area contributed by atoms with Crippen LogP contribution in [0.15, 0.2) is 18.2 Å². The number of hydrogen-bond acceptors (Lipinski definition) is 2. The number of benzene rings is 1. The smallest absolute Gasteiger partial charge is 0.0474 e. The number of hydrogen-bond donors (Lipinski definition) is 1. The van der Waals surface area contributed by atoms with Crippen molar-refractivity contribution in [2.45, 2.75) is 33.2 Å². The van der Waals surface area contributed by atoms with Gasteiger partial charge >= 0.3 is 0 Å². The molecule has 0 spiro atoms. The first-order valence-electron chi connectivity index (χ1n) is 5.94. The zero-order valence-corrected chi connectivity index (χ0v) is 10.8. The summed E-state index contributed by atoms with van der Waals surface area (Å²) in [4.78, 5) is 0. The van der Waals surface area contributed by atoms with Gasteiger partial charge in [-0.15, -0.1) is 0 Å². The first-order valence-corrected chi connectivity index (χ1v) is 5.94. The van der Waals surface area contributed by atoms with Crippen LogP contribution in [0.1, 0.15) is 36.1 Å². The lowest BCUT2D eigenvalue weighted by molar-refractivity contribution is 0.193. The van der Waals surface area contributed by atoms with E-state index < -0.39 is 0 Å². The van der Waals surface area contributed by atoms with Crippen LogP contribution in [0.4, 0.5) is 0 Å². The van der Waals surface area contributed by atoms with E-state index in [1.165, 1.54) is 16.7 Å². The van der Waals surface area contributed by atoms with Crippen LogP contribution in [0.5, 0.6) is 0 Å². The minimum absolute atomic E-state index is 0.414. The Bertz CT molecular complexity index is 323. The summed E-state index contributed by atoms with van der Waals surface area (Å²) in [5.41, 5.74) is 4.09. The van der Waals surface area contributed by atoms with Gasteiger partial charge in [0.15, 0.2) is 0 Å². The molecule has 1 aromatic rings. The fourth-order valence-electron chi connectivity index (χ4n) is 1.96. The summed E-state index contributed by atoms with van der Waals surface area (Å²) in [6.45, 7) is 8.35. The van der Waals surface area contributed by atoms with E-state index in [-0.39, 0.29) is 0 Å². The van der Waals surface area contributed by atoms with E-state index in [1.807, 2.05) is 0 Å². The molecule has 1 aromatic carbocycles. The molecule has 0 aromatic heterocycles. The molecule has 1 rings (SSSR count). The predicted octanol–water partition coefficient (Wildman–Crippen LogP) is 2.99. The lowest BCUT2D eigenvalue weighted by Gasteiger charge is -2.17. The van der Waals surface area contributed by atoms with Crippen molar-refractivity contribution in [1.82, 2.24) is 5.32 Å². The second-order valence-electron chi connectivity index (χ2n) is 4.38. The predicted molar refractivity (Wildman–Crippen MR) is 68.8 cm³/mol. The second kappa shape index (κ2) is 6.66. The quantitative estimate of drug-likeness (QED) is 0.746. The molecule has 0 saturated heterocycles. The number of ether oxygens (including phenoxy) is 1. The highest BCUT2D eigenvalue weighted by Crippen LogP contribution is 2.18. The maximum absolute atomic E-state index is 5.03. The van der Waals surface area contributed by atoms with Gasteiger partial charge in [0.05, 0.1) is 0 Å². The van der Waals surface area contributed by atoms with Crippen LogP contribution in [0.25, 0.3) is 0 Å². The summed E-state index contributed by atoms with van der Waals surface area (Å²) in [6, 6.07) is 7.05. The van der Waals surface area contributed by atoms with Crippen molar-refractivity contribution in [3.63, 3.8) is 0 Å². The van der Waals surface area contributed by atoms with Crippen LogP contribution in [-0.2, 0) is 4.74 Å². The average Bonchev–Trinajstić information content (AvgIpc) is 2.24. The Balaban J connectivity index is 2.49. The third-order valence-corrected chi connectivity index (χ3v) is 2.87. The van der Waals surface area contributed by atoms with Crippen LogP contribution >= 0.6 is 0 Å². The number of rotatable bonds is 6. The molecule has 1 atom stereocenters. The molecule has 2 nitrogen and oxygen atoms in total. The molecule has 0 aliphatic heterocycles. The van der Waals surface area contributed by atoms with Crippen LogP contribution < -0.4 is 5.32 Å². The molecule has 1 N–H and O–H groups in total. The summed E-state index contributed by atoms with van der Waals surface area (Å²) in [7, 11) is 1.74. The van der Waals surface area contributed by atoms with Gasteiger partial charge in [-0.2, -0.15) is 0 Å². The van der Waals surface area contributed by atoms with Crippen LogP contribution in [-0.4, -0.2) is 20.3 Å². The highest BCUT2D eigenvalue weighted by molar-refractivity contribution is 5.32. The second-order valence-corrected chi connectivity index (χ2v) is 4.38. The van der Waals surface area contributed by atoms with Crippen LogP contribution in [0.3, 0.4) is 0 Å². The summed E-state index contributed by atoms with van der Waals surface area (Å²) in [5.74, 6) is 0. The first kappa shape index (κ1) is 13.2. The van der Waals surface area contributed by atoms with Gasteiger partial charge in [0.2, 0.25) is 0 Å². The molecule has 0 bridgehead atoms. The molecule has 0 fully saturated rings. The first-order chi connectivity index (χ1) is 7.65. The Morgan fingerprint density at radius 3 is 2.69 bits per heavy atom. The van der Waals surface area contributed by atoms with E-state index in [0.717, 1.165) is 19.6 Å². The summed E-state index contributed by atoms with van der Waals surface area (Å²) < 4.78 is 5.03.